The van der Waals surface area contributed by atoms with Gasteiger partial charge in [0.1, 0.15) is 0 Å². The molecule has 1 heterocycles. The molecule has 0 saturated heterocycles. The molecule has 1 rings (SSSR count). The van der Waals surface area contributed by atoms with Crippen molar-refractivity contribution in [3.63, 3.8) is 0 Å². The molecule has 3 nitrogen and oxygen atoms in total. The van der Waals surface area contributed by atoms with Gasteiger partial charge in [-0.2, -0.15) is 5.10 Å². The van der Waals surface area contributed by atoms with E-state index in [0.717, 1.165) is 12.1 Å². The number of nitrogens with two attached hydrogens (primary N) is 1. The van der Waals surface area contributed by atoms with Crippen LogP contribution in [-0.2, 0) is 12.5 Å². The van der Waals surface area contributed by atoms with E-state index in [-0.39, 0.29) is 11.5 Å². The van der Waals surface area contributed by atoms with Gasteiger partial charge in [0, 0.05) is 24.7 Å². The third-order valence-electron chi connectivity index (χ3n) is 2.24. The molecule has 0 aliphatic heterocycles. The van der Waals surface area contributed by atoms with Crippen molar-refractivity contribution in [1.29, 1.82) is 0 Å². The van der Waals surface area contributed by atoms with Crippen molar-refractivity contribution >= 4 is 0 Å². The molecule has 0 aliphatic rings. The first-order valence-electron chi connectivity index (χ1n) is 4.67. The second-order valence-corrected chi connectivity index (χ2v) is 4.44. The fourth-order valence-electron chi connectivity index (χ4n) is 1.69. The first-order valence-corrected chi connectivity index (χ1v) is 4.67. The Labute approximate surface area is 79.9 Å². The molecule has 1 aromatic rings. The van der Waals surface area contributed by atoms with Crippen molar-refractivity contribution in [3.8, 4) is 0 Å². The van der Waals surface area contributed by atoms with E-state index in [1.54, 1.807) is 0 Å². The molecule has 1 unspecified atom stereocenters. The predicted molar refractivity (Wildman–Crippen MR) is 54.5 cm³/mol. The normalized spacial score (nSPS) is 14.5. The summed E-state index contributed by atoms with van der Waals surface area (Å²) in [6.07, 6.45) is 2.93. The summed E-state index contributed by atoms with van der Waals surface area (Å²) in [6, 6.07) is 2.28. The van der Waals surface area contributed by atoms with Crippen LogP contribution >= 0.6 is 0 Å². The van der Waals surface area contributed by atoms with Crippen molar-refractivity contribution < 1.29 is 0 Å². The number of hydrogen-bond acceptors (Lipinski definition) is 2. The lowest BCUT2D eigenvalue weighted by Crippen LogP contribution is -2.28. The van der Waals surface area contributed by atoms with Gasteiger partial charge in [0.15, 0.2) is 0 Å². The monoisotopic (exact) mass is 181 g/mol. The van der Waals surface area contributed by atoms with Gasteiger partial charge >= 0.3 is 0 Å². The fraction of sp³-hybridized carbons (Fsp3) is 0.700. The largest absolute Gasteiger partial charge is 0.328 e. The standard InChI is InChI=1S/C10H19N3/c1-8(11)7-10(2,3)9-5-6-13(4)12-9/h5-6,8H,7,11H2,1-4H3. The van der Waals surface area contributed by atoms with E-state index in [1.807, 2.05) is 24.9 Å². The van der Waals surface area contributed by atoms with Crippen molar-refractivity contribution in [1.82, 2.24) is 9.78 Å². The van der Waals surface area contributed by atoms with Gasteiger partial charge in [0.25, 0.3) is 0 Å². The lowest BCUT2D eigenvalue weighted by molar-refractivity contribution is 0.422. The molecule has 2 N–H and O–H groups in total. The van der Waals surface area contributed by atoms with Crippen LogP contribution < -0.4 is 5.73 Å². The average molecular weight is 181 g/mol. The second-order valence-electron chi connectivity index (χ2n) is 4.44. The van der Waals surface area contributed by atoms with Gasteiger partial charge in [-0.3, -0.25) is 4.68 Å². The summed E-state index contributed by atoms with van der Waals surface area (Å²) in [7, 11) is 1.94. The Bertz CT molecular complexity index is 273. The van der Waals surface area contributed by atoms with Crippen LogP contribution in [0.15, 0.2) is 12.3 Å². The summed E-state index contributed by atoms with van der Waals surface area (Å²) < 4.78 is 1.83. The summed E-state index contributed by atoms with van der Waals surface area (Å²) >= 11 is 0. The van der Waals surface area contributed by atoms with E-state index >= 15 is 0 Å². The van der Waals surface area contributed by atoms with Crippen LogP contribution in [0.3, 0.4) is 0 Å². The summed E-state index contributed by atoms with van der Waals surface area (Å²) in [5.41, 5.74) is 6.98. The van der Waals surface area contributed by atoms with Crippen LogP contribution in [0.25, 0.3) is 0 Å². The summed E-state index contributed by atoms with van der Waals surface area (Å²) in [5.74, 6) is 0. The van der Waals surface area contributed by atoms with Gasteiger partial charge in [-0.25, -0.2) is 0 Å². The quantitative estimate of drug-likeness (QED) is 0.766. The topological polar surface area (TPSA) is 43.8 Å². The summed E-state index contributed by atoms with van der Waals surface area (Å²) in [4.78, 5) is 0. The number of rotatable bonds is 3. The maximum Gasteiger partial charge on any atom is 0.0681 e. The van der Waals surface area contributed by atoms with E-state index < -0.39 is 0 Å². The lowest BCUT2D eigenvalue weighted by atomic mass is 9.83. The third kappa shape index (κ3) is 2.56. The van der Waals surface area contributed by atoms with E-state index in [4.69, 9.17) is 5.73 Å². The SMILES string of the molecule is CC(N)CC(C)(C)c1ccn(C)n1. The molecule has 74 valence electrons. The van der Waals surface area contributed by atoms with Crippen LogP contribution in [0.2, 0.25) is 0 Å². The first kappa shape index (κ1) is 10.3. The number of aryl methyl sites for hydroxylation is 1. The predicted octanol–water partition coefficient (Wildman–Crippen LogP) is 1.44. The van der Waals surface area contributed by atoms with E-state index in [0.29, 0.717) is 0 Å². The molecular weight excluding hydrogens is 162 g/mol. The van der Waals surface area contributed by atoms with Gasteiger partial charge in [0.2, 0.25) is 0 Å². The van der Waals surface area contributed by atoms with Crippen LogP contribution in [0.4, 0.5) is 0 Å². The van der Waals surface area contributed by atoms with Crippen molar-refractivity contribution in [2.45, 2.75) is 38.6 Å². The Hall–Kier alpha value is -0.830. The van der Waals surface area contributed by atoms with E-state index in [9.17, 15) is 0 Å². The highest BCUT2D eigenvalue weighted by Gasteiger charge is 2.24. The van der Waals surface area contributed by atoms with Gasteiger partial charge in [-0.05, 0) is 19.4 Å². The molecule has 0 saturated carbocycles. The molecule has 0 spiro atoms. The van der Waals surface area contributed by atoms with Gasteiger partial charge in [-0.15, -0.1) is 0 Å². The second kappa shape index (κ2) is 3.50. The Morgan fingerprint density at radius 2 is 2.23 bits per heavy atom. The Morgan fingerprint density at radius 1 is 1.62 bits per heavy atom. The molecule has 1 aromatic heterocycles. The molecule has 0 radical (unpaired) electrons. The molecular formula is C10H19N3. The van der Waals surface area contributed by atoms with Gasteiger partial charge < -0.3 is 5.73 Å². The minimum absolute atomic E-state index is 0.0788. The lowest BCUT2D eigenvalue weighted by Gasteiger charge is -2.24. The molecule has 0 bridgehead atoms. The zero-order chi connectivity index (χ0) is 10.1. The maximum absolute atomic E-state index is 5.79. The van der Waals surface area contributed by atoms with Crippen LogP contribution in [0, 0.1) is 0 Å². The molecule has 0 aliphatic carbocycles. The number of hydrogen-bond donors (Lipinski definition) is 1. The fourth-order valence-corrected chi connectivity index (χ4v) is 1.69. The molecule has 3 heteroatoms. The highest BCUT2D eigenvalue weighted by molar-refractivity contribution is 5.12. The Morgan fingerprint density at radius 3 is 2.62 bits per heavy atom. The van der Waals surface area contributed by atoms with Gasteiger partial charge in [0.05, 0.1) is 5.69 Å². The Kier molecular flexibility index (Phi) is 2.76. The summed E-state index contributed by atoms with van der Waals surface area (Å²) in [5, 5.41) is 4.40. The minimum Gasteiger partial charge on any atom is -0.328 e. The summed E-state index contributed by atoms with van der Waals surface area (Å²) in [6.45, 7) is 6.39. The van der Waals surface area contributed by atoms with E-state index in [2.05, 4.69) is 25.0 Å². The van der Waals surface area contributed by atoms with Crippen LogP contribution in [-0.4, -0.2) is 15.8 Å². The Balaban J connectivity index is 2.80. The third-order valence-corrected chi connectivity index (χ3v) is 2.24. The molecule has 0 aromatic carbocycles. The average Bonchev–Trinajstić information content (AvgIpc) is 2.32. The molecule has 1 atom stereocenters. The molecule has 0 fully saturated rings. The number of aromatic nitrogens is 2. The van der Waals surface area contributed by atoms with Crippen molar-refractivity contribution in [2.24, 2.45) is 12.8 Å². The van der Waals surface area contributed by atoms with Crippen molar-refractivity contribution in [2.75, 3.05) is 0 Å². The van der Waals surface area contributed by atoms with Crippen molar-refractivity contribution in [3.05, 3.63) is 18.0 Å². The maximum atomic E-state index is 5.79. The first-order chi connectivity index (χ1) is 5.92. The molecule has 0 amide bonds. The highest BCUT2D eigenvalue weighted by atomic mass is 15.2. The van der Waals surface area contributed by atoms with Crippen LogP contribution in [0.1, 0.15) is 32.9 Å². The smallest absolute Gasteiger partial charge is 0.0681 e. The van der Waals surface area contributed by atoms with E-state index in [1.165, 1.54) is 0 Å². The van der Waals surface area contributed by atoms with Gasteiger partial charge in [-0.1, -0.05) is 13.8 Å². The number of nitrogens with zero attached hydrogens (tertiary/aromatic N) is 2. The molecule has 13 heavy (non-hydrogen) atoms. The minimum atomic E-state index is 0.0788. The van der Waals surface area contributed by atoms with Crippen LogP contribution in [0.5, 0.6) is 0 Å². The zero-order valence-corrected chi connectivity index (χ0v) is 8.91. The zero-order valence-electron chi connectivity index (χ0n) is 8.91. The highest BCUT2D eigenvalue weighted by Crippen LogP contribution is 2.25.